The number of hydrogen-bond donors (Lipinski definition) is 1. The number of nitriles is 1. The standard InChI is InChI=1S/C15H15N3O2S/c1-11-10-20-15(17-11)21-8-2-3-14(19)18-13-6-4-12(9-16)5-7-13/h4-7,10H,2-3,8H2,1H3,(H,18,19). The molecule has 2 rings (SSSR count). The summed E-state index contributed by atoms with van der Waals surface area (Å²) in [5.41, 5.74) is 2.14. The Labute approximate surface area is 127 Å². The molecule has 0 aliphatic rings. The van der Waals surface area contributed by atoms with Crippen molar-refractivity contribution < 1.29 is 9.21 Å². The van der Waals surface area contributed by atoms with E-state index in [1.54, 1.807) is 30.5 Å². The van der Waals surface area contributed by atoms with Crippen LogP contribution < -0.4 is 5.32 Å². The molecule has 0 spiro atoms. The first-order valence-electron chi connectivity index (χ1n) is 6.52. The molecule has 0 atom stereocenters. The fourth-order valence-electron chi connectivity index (χ4n) is 1.64. The number of aromatic nitrogens is 1. The van der Waals surface area contributed by atoms with E-state index in [9.17, 15) is 4.79 Å². The molecule has 1 aromatic heterocycles. The molecular weight excluding hydrogens is 286 g/mol. The lowest BCUT2D eigenvalue weighted by molar-refractivity contribution is -0.116. The average Bonchev–Trinajstić information content (AvgIpc) is 2.90. The third-order valence-corrected chi connectivity index (χ3v) is 3.60. The van der Waals surface area contributed by atoms with Crippen molar-refractivity contribution in [1.29, 1.82) is 5.26 Å². The number of nitrogens with one attached hydrogen (secondary N) is 1. The normalized spacial score (nSPS) is 10.1. The van der Waals surface area contributed by atoms with Crippen molar-refractivity contribution in [3.63, 3.8) is 0 Å². The van der Waals surface area contributed by atoms with Gasteiger partial charge in [-0.3, -0.25) is 4.79 Å². The van der Waals surface area contributed by atoms with Crippen LogP contribution in [0.4, 0.5) is 5.69 Å². The quantitative estimate of drug-likeness (QED) is 0.653. The van der Waals surface area contributed by atoms with Crippen LogP contribution in [0.5, 0.6) is 0 Å². The van der Waals surface area contributed by atoms with E-state index in [0.29, 0.717) is 22.9 Å². The Morgan fingerprint density at radius 3 is 2.81 bits per heavy atom. The van der Waals surface area contributed by atoms with Crippen molar-refractivity contribution in [2.75, 3.05) is 11.1 Å². The lowest BCUT2D eigenvalue weighted by atomic mass is 10.2. The molecule has 108 valence electrons. The number of hydrogen-bond acceptors (Lipinski definition) is 5. The average molecular weight is 301 g/mol. The fourth-order valence-corrected chi connectivity index (χ4v) is 2.43. The van der Waals surface area contributed by atoms with Crippen LogP contribution in [-0.4, -0.2) is 16.6 Å². The highest BCUT2D eigenvalue weighted by atomic mass is 32.2. The summed E-state index contributed by atoms with van der Waals surface area (Å²) in [6.07, 6.45) is 2.79. The highest BCUT2D eigenvalue weighted by molar-refractivity contribution is 7.99. The molecule has 0 unspecified atom stereocenters. The van der Waals surface area contributed by atoms with E-state index in [0.717, 1.165) is 17.9 Å². The maximum absolute atomic E-state index is 11.8. The molecule has 1 heterocycles. The smallest absolute Gasteiger partial charge is 0.255 e. The summed E-state index contributed by atoms with van der Waals surface area (Å²) in [4.78, 5) is 15.9. The Kier molecular flexibility index (Phi) is 5.41. The number of nitrogens with zero attached hydrogens (tertiary/aromatic N) is 2. The number of thioether (sulfide) groups is 1. The van der Waals surface area contributed by atoms with Gasteiger partial charge in [0, 0.05) is 17.9 Å². The molecule has 0 aliphatic carbocycles. The van der Waals surface area contributed by atoms with E-state index in [-0.39, 0.29) is 5.91 Å². The van der Waals surface area contributed by atoms with Crippen LogP contribution in [0.15, 0.2) is 40.2 Å². The number of oxazole rings is 1. The molecule has 0 bridgehead atoms. The van der Waals surface area contributed by atoms with Crippen LogP contribution in [0.2, 0.25) is 0 Å². The van der Waals surface area contributed by atoms with E-state index in [4.69, 9.17) is 9.68 Å². The number of anilines is 1. The molecule has 2 aromatic rings. The molecule has 0 aliphatic heterocycles. The topological polar surface area (TPSA) is 78.9 Å². The molecule has 21 heavy (non-hydrogen) atoms. The largest absolute Gasteiger partial charge is 0.440 e. The van der Waals surface area contributed by atoms with Crippen molar-refractivity contribution in [2.45, 2.75) is 25.0 Å². The van der Waals surface area contributed by atoms with Gasteiger partial charge in [-0.05, 0) is 37.6 Å². The van der Waals surface area contributed by atoms with Gasteiger partial charge in [0.2, 0.25) is 5.91 Å². The summed E-state index contributed by atoms with van der Waals surface area (Å²) in [6, 6.07) is 8.84. The number of benzene rings is 1. The number of aryl methyl sites for hydroxylation is 1. The molecule has 1 aromatic carbocycles. The van der Waals surface area contributed by atoms with E-state index < -0.39 is 0 Å². The van der Waals surface area contributed by atoms with Gasteiger partial charge in [0.05, 0.1) is 17.3 Å². The molecule has 0 saturated heterocycles. The monoisotopic (exact) mass is 301 g/mol. The van der Waals surface area contributed by atoms with Crippen molar-refractivity contribution >= 4 is 23.4 Å². The van der Waals surface area contributed by atoms with Gasteiger partial charge in [-0.25, -0.2) is 4.98 Å². The summed E-state index contributed by atoms with van der Waals surface area (Å²) >= 11 is 1.50. The van der Waals surface area contributed by atoms with Crippen LogP contribution in [0, 0.1) is 18.3 Å². The predicted molar refractivity (Wildman–Crippen MR) is 81.0 cm³/mol. The molecule has 1 amide bonds. The van der Waals surface area contributed by atoms with Gasteiger partial charge >= 0.3 is 0 Å². The number of rotatable bonds is 6. The minimum absolute atomic E-state index is 0.0381. The lowest BCUT2D eigenvalue weighted by Crippen LogP contribution is -2.11. The van der Waals surface area contributed by atoms with Gasteiger partial charge in [0.1, 0.15) is 6.26 Å². The fraction of sp³-hybridized carbons (Fsp3) is 0.267. The second kappa shape index (κ2) is 7.50. The van der Waals surface area contributed by atoms with Gasteiger partial charge < -0.3 is 9.73 Å². The molecule has 0 fully saturated rings. The zero-order chi connectivity index (χ0) is 15.1. The van der Waals surface area contributed by atoms with Gasteiger partial charge in [0.15, 0.2) is 0 Å². The van der Waals surface area contributed by atoms with Crippen molar-refractivity contribution in [2.24, 2.45) is 0 Å². The van der Waals surface area contributed by atoms with Crippen LogP contribution in [0.3, 0.4) is 0 Å². The molecule has 0 radical (unpaired) electrons. The van der Waals surface area contributed by atoms with Gasteiger partial charge in [-0.2, -0.15) is 5.26 Å². The Balaban J connectivity index is 1.68. The van der Waals surface area contributed by atoms with Crippen molar-refractivity contribution in [3.05, 3.63) is 41.8 Å². The molecule has 0 saturated carbocycles. The summed E-state index contributed by atoms with van der Waals surface area (Å²) < 4.78 is 5.21. The first kappa shape index (κ1) is 15.1. The minimum atomic E-state index is -0.0381. The number of carbonyl (C=O) groups excluding carboxylic acids is 1. The molecular formula is C15H15N3O2S. The Hall–Kier alpha value is -2.26. The Morgan fingerprint density at radius 1 is 1.43 bits per heavy atom. The van der Waals surface area contributed by atoms with Crippen molar-refractivity contribution in [1.82, 2.24) is 4.98 Å². The number of carbonyl (C=O) groups is 1. The van der Waals surface area contributed by atoms with Crippen molar-refractivity contribution in [3.8, 4) is 6.07 Å². The molecule has 1 N–H and O–H groups in total. The van der Waals surface area contributed by atoms with E-state index in [1.807, 2.05) is 13.0 Å². The molecule has 5 nitrogen and oxygen atoms in total. The lowest BCUT2D eigenvalue weighted by Gasteiger charge is -2.04. The SMILES string of the molecule is Cc1coc(SCCCC(=O)Nc2ccc(C#N)cc2)n1. The van der Waals surface area contributed by atoms with Crippen LogP contribution in [0.1, 0.15) is 24.1 Å². The second-order valence-electron chi connectivity index (χ2n) is 4.44. The first-order chi connectivity index (χ1) is 10.2. The Morgan fingerprint density at radius 2 is 2.19 bits per heavy atom. The van der Waals surface area contributed by atoms with E-state index in [2.05, 4.69) is 10.3 Å². The van der Waals surface area contributed by atoms with Crippen LogP contribution in [-0.2, 0) is 4.79 Å². The van der Waals surface area contributed by atoms with Gasteiger partial charge in [-0.1, -0.05) is 11.8 Å². The van der Waals surface area contributed by atoms with E-state index in [1.165, 1.54) is 11.8 Å². The zero-order valence-electron chi connectivity index (χ0n) is 11.6. The summed E-state index contributed by atoms with van der Waals surface area (Å²) in [7, 11) is 0. The summed E-state index contributed by atoms with van der Waals surface area (Å²) in [6.45, 7) is 1.87. The van der Waals surface area contributed by atoms with Gasteiger partial charge in [-0.15, -0.1) is 0 Å². The predicted octanol–water partition coefficient (Wildman–Crippen LogP) is 3.37. The highest BCUT2D eigenvalue weighted by Crippen LogP contribution is 2.18. The third kappa shape index (κ3) is 4.97. The maximum Gasteiger partial charge on any atom is 0.255 e. The third-order valence-electron chi connectivity index (χ3n) is 2.67. The highest BCUT2D eigenvalue weighted by Gasteiger charge is 2.05. The molecule has 6 heteroatoms. The Bertz CT molecular complexity index is 644. The van der Waals surface area contributed by atoms with Crippen LogP contribution in [0.25, 0.3) is 0 Å². The zero-order valence-corrected chi connectivity index (χ0v) is 12.4. The first-order valence-corrected chi connectivity index (χ1v) is 7.51. The number of amides is 1. The summed E-state index contributed by atoms with van der Waals surface area (Å²) in [5, 5.41) is 12.1. The van der Waals surface area contributed by atoms with Gasteiger partial charge in [0.25, 0.3) is 5.22 Å². The summed E-state index contributed by atoms with van der Waals surface area (Å²) in [5.74, 6) is 0.740. The minimum Gasteiger partial charge on any atom is -0.440 e. The second-order valence-corrected chi connectivity index (χ2v) is 5.49. The maximum atomic E-state index is 11.8. The van der Waals surface area contributed by atoms with Crippen LogP contribution >= 0.6 is 11.8 Å². The van der Waals surface area contributed by atoms with E-state index >= 15 is 0 Å².